The normalized spacial score (nSPS) is 12.4. The van der Waals surface area contributed by atoms with Gasteiger partial charge < -0.3 is 14.8 Å². The molecule has 0 fully saturated rings. The van der Waals surface area contributed by atoms with E-state index in [9.17, 15) is 9.59 Å². The summed E-state index contributed by atoms with van der Waals surface area (Å²) in [5.74, 6) is -2.16. The second kappa shape index (κ2) is 3.91. The number of carboxylic acids is 2. The first-order valence-corrected chi connectivity index (χ1v) is 4.05. The van der Waals surface area contributed by atoms with Gasteiger partial charge in [-0.05, 0) is 6.42 Å². The third-order valence-corrected chi connectivity index (χ3v) is 1.85. The van der Waals surface area contributed by atoms with Crippen molar-refractivity contribution in [3.05, 3.63) is 18.2 Å². The van der Waals surface area contributed by atoms with Gasteiger partial charge in [0.25, 0.3) is 0 Å². The van der Waals surface area contributed by atoms with Gasteiger partial charge in [0, 0.05) is 6.20 Å². The number of aliphatic carboxylic acids is 1. The third kappa shape index (κ3) is 1.90. The average molecular weight is 198 g/mol. The van der Waals surface area contributed by atoms with Crippen LogP contribution in [0.2, 0.25) is 0 Å². The number of carboxylic acid groups (broad SMARTS) is 2. The van der Waals surface area contributed by atoms with Gasteiger partial charge in [-0.1, -0.05) is 6.92 Å². The van der Waals surface area contributed by atoms with E-state index in [4.69, 9.17) is 10.2 Å². The molecule has 1 unspecified atom stereocenters. The summed E-state index contributed by atoms with van der Waals surface area (Å²) in [6.45, 7) is 1.71. The molecule has 6 nitrogen and oxygen atoms in total. The minimum Gasteiger partial charge on any atom is -0.480 e. The molecular formula is C8H10N2O4. The predicted octanol–water partition coefficient (Wildman–Crippen LogP) is 0.617. The predicted molar refractivity (Wildman–Crippen MR) is 46.2 cm³/mol. The highest BCUT2D eigenvalue weighted by Crippen LogP contribution is 2.11. The van der Waals surface area contributed by atoms with E-state index in [1.54, 1.807) is 6.92 Å². The van der Waals surface area contributed by atoms with Crippen LogP contribution in [0, 0.1) is 0 Å². The van der Waals surface area contributed by atoms with Crippen molar-refractivity contribution in [3.63, 3.8) is 0 Å². The molecule has 2 N–H and O–H groups in total. The van der Waals surface area contributed by atoms with Crippen LogP contribution in [0.3, 0.4) is 0 Å². The van der Waals surface area contributed by atoms with Crippen molar-refractivity contribution < 1.29 is 19.8 Å². The highest BCUT2D eigenvalue weighted by Gasteiger charge is 2.18. The summed E-state index contributed by atoms with van der Waals surface area (Å²) in [5, 5.41) is 17.3. The standard InChI is InChI=1S/C8H10N2O4/c1-2-6(8(13)14)10-3-5(7(11)12)9-4-10/h3-4,6H,2H2,1H3,(H,11,12)(H,13,14). The molecule has 0 aromatic carbocycles. The Balaban J connectivity index is 2.95. The molecule has 1 atom stereocenters. The van der Waals surface area contributed by atoms with Gasteiger partial charge in [-0.15, -0.1) is 0 Å². The lowest BCUT2D eigenvalue weighted by molar-refractivity contribution is -0.141. The maximum Gasteiger partial charge on any atom is 0.356 e. The topological polar surface area (TPSA) is 92.4 Å². The van der Waals surface area contributed by atoms with Gasteiger partial charge in [0.1, 0.15) is 6.04 Å². The fourth-order valence-corrected chi connectivity index (χ4v) is 1.13. The molecule has 0 bridgehead atoms. The summed E-state index contributed by atoms with van der Waals surface area (Å²) in [6.07, 6.45) is 2.81. The van der Waals surface area contributed by atoms with Crippen molar-refractivity contribution in [1.29, 1.82) is 0 Å². The quantitative estimate of drug-likeness (QED) is 0.739. The number of rotatable bonds is 4. The number of carbonyl (C=O) groups is 2. The number of hydrogen-bond acceptors (Lipinski definition) is 3. The first kappa shape index (κ1) is 10.2. The van der Waals surface area contributed by atoms with Gasteiger partial charge in [-0.25, -0.2) is 14.6 Å². The monoisotopic (exact) mass is 198 g/mol. The zero-order valence-electron chi connectivity index (χ0n) is 7.54. The summed E-state index contributed by atoms with van der Waals surface area (Å²) in [7, 11) is 0. The zero-order valence-corrected chi connectivity index (χ0v) is 7.54. The first-order valence-electron chi connectivity index (χ1n) is 4.05. The van der Waals surface area contributed by atoms with Gasteiger partial charge in [0.05, 0.1) is 6.33 Å². The Morgan fingerprint density at radius 1 is 1.57 bits per heavy atom. The third-order valence-electron chi connectivity index (χ3n) is 1.85. The van der Waals surface area contributed by atoms with E-state index >= 15 is 0 Å². The molecule has 6 heteroatoms. The van der Waals surface area contributed by atoms with Gasteiger partial charge in [-0.2, -0.15) is 0 Å². The molecule has 0 saturated carbocycles. The minimum absolute atomic E-state index is 0.148. The second-order valence-corrected chi connectivity index (χ2v) is 2.77. The van der Waals surface area contributed by atoms with Gasteiger partial charge in [0.2, 0.25) is 0 Å². The summed E-state index contributed by atoms with van der Waals surface area (Å²) in [5.41, 5.74) is -0.148. The smallest absolute Gasteiger partial charge is 0.356 e. The maximum atomic E-state index is 10.7. The van der Waals surface area contributed by atoms with Crippen molar-refractivity contribution in [2.75, 3.05) is 0 Å². The Bertz CT molecular complexity index is 358. The molecule has 0 aliphatic carbocycles. The molecule has 0 saturated heterocycles. The molecule has 0 amide bonds. The lowest BCUT2D eigenvalue weighted by Gasteiger charge is -2.09. The molecular weight excluding hydrogens is 188 g/mol. The fraction of sp³-hybridized carbons (Fsp3) is 0.375. The molecule has 1 rings (SSSR count). The number of aromatic nitrogens is 2. The van der Waals surface area contributed by atoms with E-state index in [1.165, 1.54) is 17.1 Å². The summed E-state index contributed by atoms with van der Waals surface area (Å²) in [4.78, 5) is 24.8. The van der Waals surface area contributed by atoms with E-state index in [-0.39, 0.29) is 5.69 Å². The van der Waals surface area contributed by atoms with Crippen LogP contribution >= 0.6 is 0 Å². The summed E-state index contributed by atoms with van der Waals surface area (Å²) in [6, 6.07) is -0.754. The lowest BCUT2D eigenvalue weighted by atomic mass is 10.2. The molecule has 1 aromatic rings. The minimum atomic E-state index is -1.16. The van der Waals surface area contributed by atoms with Crippen LogP contribution in [0.1, 0.15) is 29.9 Å². The van der Waals surface area contributed by atoms with Crippen molar-refractivity contribution in [2.24, 2.45) is 0 Å². The molecule has 76 valence electrons. The molecule has 14 heavy (non-hydrogen) atoms. The SMILES string of the molecule is CCC(C(=O)O)n1cnc(C(=O)O)c1. The van der Waals surface area contributed by atoms with Crippen LogP contribution in [-0.4, -0.2) is 31.7 Å². The van der Waals surface area contributed by atoms with Gasteiger partial charge in [-0.3, -0.25) is 0 Å². The Kier molecular flexibility index (Phi) is 2.85. The van der Waals surface area contributed by atoms with Crippen LogP contribution < -0.4 is 0 Å². The van der Waals surface area contributed by atoms with Crippen molar-refractivity contribution in [3.8, 4) is 0 Å². The van der Waals surface area contributed by atoms with E-state index in [0.29, 0.717) is 6.42 Å². The average Bonchev–Trinajstić information content (AvgIpc) is 2.53. The Hall–Kier alpha value is -1.85. The molecule has 1 heterocycles. The molecule has 0 radical (unpaired) electrons. The molecule has 1 aromatic heterocycles. The Morgan fingerprint density at radius 2 is 2.21 bits per heavy atom. The Morgan fingerprint density at radius 3 is 2.57 bits per heavy atom. The highest BCUT2D eigenvalue weighted by atomic mass is 16.4. The first-order chi connectivity index (χ1) is 6.56. The van der Waals surface area contributed by atoms with Crippen molar-refractivity contribution in [2.45, 2.75) is 19.4 Å². The van der Waals surface area contributed by atoms with E-state index < -0.39 is 18.0 Å². The number of hydrogen-bond donors (Lipinski definition) is 2. The van der Waals surface area contributed by atoms with Crippen LogP contribution in [0.5, 0.6) is 0 Å². The van der Waals surface area contributed by atoms with Crippen LogP contribution in [0.4, 0.5) is 0 Å². The highest BCUT2D eigenvalue weighted by molar-refractivity contribution is 5.85. The lowest BCUT2D eigenvalue weighted by Crippen LogP contribution is -2.16. The van der Waals surface area contributed by atoms with Crippen LogP contribution in [0.15, 0.2) is 12.5 Å². The van der Waals surface area contributed by atoms with E-state index in [0.717, 1.165) is 0 Å². The summed E-state index contributed by atoms with van der Waals surface area (Å²) < 4.78 is 1.28. The van der Waals surface area contributed by atoms with Crippen LogP contribution in [0.25, 0.3) is 0 Å². The number of imidazole rings is 1. The second-order valence-electron chi connectivity index (χ2n) is 2.77. The van der Waals surface area contributed by atoms with Crippen molar-refractivity contribution in [1.82, 2.24) is 9.55 Å². The number of aromatic carboxylic acids is 1. The summed E-state index contributed by atoms with van der Waals surface area (Å²) >= 11 is 0. The molecule has 0 spiro atoms. The Labute approximate surface area is 79.8 Å². The van der Waals surface area contributed by atoms with Gasteiger partial charge in [0.15, 0.2) is 5.69 Å². The van der Waals surface area contributed by atoms with Gasteiger partial charge >= 0.3 is 11.9 Å². The zero-order chi connectivity index (χ0) is 10.7. The number of nitrogens with zero attached hydrogens (tertiary/aromatic N) is 2. The molecule has 0 aliphatic heterocycles. The van der Waals surface area contributed by atoms with Crippen LogP contribution in [-0.2, 0) is 4.79 Å². The fourth-order valence-electron chi connectivity index (χ4n) is 1.13. The maximum absolute atomic E-state index is 10.7. The van der Waals surface area contributed by atoms with E-state index in [2.05, 4.69) is 4.98 Å². The largest absolute Gasteiger partial charge is 0.480 e. The van der Waals surface area contributed by atoms with Crippen molar-refractivity contribution >= 4 is 11.9 Å². The van der Waals surface area contributed by atoms with E-state index in [1.807, 2.05) is 0 Å². The molecule has 0 aliphatic rings.